The van der Waals surface area contributed by atoms with E-state index in [4.69, 9.17) is 9.47 Å². The molecule has 0 bridgehead atoms. The van der Waals surface area contributed by atoms with E-state index in [1.165, 1.54) is 19.4 Å². The van der Waals surface area contributed by atoms with E-state index in [9.17, 15) is 24.3 Å². The zero-order valence-electron chi connectivity index (χ0n) is 23.2. The van der Waals surface area contributed by atoms with Crippen LogP contribution in [0.2, 0.25) is 0 Å². The summed E-state index contributed by atoms with van der Waals surface area (Å²) in [6, 6.07) is 16.6. The molecule has 1 aromatic heterocycles. The van der Waals surface area contributed by atoms with Crippen LogP contribution in [0, 0.1) is 0 Å². The lowest BCUT2D eigenvalue weighted by atomic mass is 10.0. The smallest absolute Gasteiger partial charge is 0.412 e. The second-order valence-electron chi connectivity index (χ2n) is 9.63. The zero-order chi connectivity index (χ0) is 29.9. The third-order valence-corrected chi connectivity index (χ3v) is 6.75. The van der Waals surface area contributed by atoms with E-state index in [0.29, 0.717) is 49.5 Å². The summed E-state index contributed by atoms with van der Waals surface area (Å²) in [5, 5.41) is 14.9. The van der Waals surface area contributed by atoms with Crippen LogP contribution in [-0.2, 0) is 20.9 Å². The third kappa shape index (κ3) is 8.19. The maximum Gasteiger partial charge on any atom is 0.412 e. The normalized spacial score (nSPS) is 13.8. The number of carboxylic acids is 1. The summed E-state index contributed by atoms with van der Waals surface area (Å²) in [4.78, 5) is 57.4. The average molecular weight is 576 g/mol. The van der Waals surface area contributed by atoms with Crippen LogP contribution >= 0.6 is 0 Å². The molecule has 4 rings (SSSR count). The molecule has 1 unspecified atom stereocenters. The van der Waals surface area contributed by atoms with Crippen molar-refractivity contribution in [2.75, 3.05) is 43.5 Å². The number of aromatic nitrogens is 1. The minimum atomic E-state index is -1.08. The fourth-order valence-electron chi connectivity index (χ4n) is 4.64. The number of amides is 3. The van der Waals surface area contributed by atoms with E-state index in [1.54, 1.807) is 35.4 Å². The second kappa shape index (κ2) is 14.5. The maximum absolute atomic E-state index is 13.3. The van der Waals surface area contributed by atoms with E-state index in [2.05, 4.69) is 15.6 Å². The molecule has 220 valence electrons. The van der Waals surface area contributed by atoms with Gasteiger partial charge in [0.05, 0.1) is 30.9 Å². The maximum atomic E-state index is 13.3. The number of aliphatic carboxylic acids is 1. The van der Waals surface area contributed by atoms with Crippen LogP contribution in [0.25, 0.3) is 0 Å². The molecule has 3 amide bonds. The van der Waals surface area contributed by atoms with E-state index < -0.39 is 30.1 Å². The molecule has 12 nitrogen and oxygen atoms in total. The summed E-state index contributed by atoms with van der Waals surface area (Å²) in [5.41, 5.74) is 2.55. The van der Waals surface area contributed by atoms with Gasteiger partial charge in [-0.2, -0.15) is 0 Å². The molecule has 0 saturated carbocycles. The SMILES string of the molecule is COC(=O)N1CCCN(c2ccc(C(=O)NC(CC(=O)O)c3cccnc3)cc2NC(=O)OCc2ccccc2)CC1. The Balaban J connectivity index is 1.57. The molecule has 0 aliphatic carbocycles. The van der Waals surface area contributed by atoms with Gasteiger partial charge in [0.15, 0.2) is 0 Å². The van der Waals surface area contributed by atoms with Gasteiger partial charge in [-0.1, -0.05) is 36.4 Å². The number of benzene rings is 2. The molecule has 0 spiro atoms. The Morgan fingerprint density at radius 2 is 1.81 bits per heavy atom. The van der Waals surface area contributed by atoms with Crippen molar-refractivity contribution in [3.63, 3.8) is 0 Å². The minimum Gasteiger partial charge on any atom is -0.481 e. The lowest BCUT2D eigenvalue weighted by Gasteiger charge is -2.26. The third-order valence-electron chi connectivity index (χ3n) is 6.75. The summed E-state index contributed by atoms with van der Waals surface area (Å²) < 4.78 is 10.3. The number of nitrogens with one attached hydrogen (secondary N) is 2. The predicted molar refractivity (Wildman–Crippen MR) is 154 cm³/mol. The quantitative estimate of drug-likeness (QED) is 0.343. The summed E-state index contributed by atoms with van der Waals surface area (Å²) >= 11 is 0. The first-order valence-corrected chi connectivity index (χ1v) is 13.5. The molecular weight excluding hydrogens is 542 g/mol. The molecule has 2 heterocycles. The number of hydrogen-bond donors (Lipinski definition) is 3. The fourth-order valence-corrected chi connectivity index (χ4v) is 4.64. The molecule has 0 radical (unpaired) electrons. The monoisotopic (exact) mass is 575 g/mol. The largest absolute Gasteiger partial charge is 0.481 e. The predicted octanol–water partition coefficient (Wildman–Crippen LogP) is 4.05. The van der Waals surface area contributed by atoms with Gasteiger partial charge in [-0.25, -0.2) is 9.59 Å². The van der Waals surface area contributed by atoms with Crippen molar-refractivity contribution in [2.24, 2.45) is 0 Å². The molecular formula is C30H33N5O7. The average Bonchev–Trinajstić information content (AvgIpc) is 3.26. The van der Waals surface area contributed by atoms with Crippen LogP contribution in [0.4, 0.5) is 21.0 Å². The topological polar surface area (TPSA) is 150 Å². The molecule has 1 fully saturated rings. The molecule has 42 heavy (non-hydrogen) atoms. The van der Waals surface area contributed by atoms with Gasteiger partial charge >= 0.3 is 18.2 Å². The Labute approximate surface area is 243 Å². The van der Waals surface area contributed by atoms with Crippen molar-refractivity contribution < 1.29 is 33.8 Å². The van der Waals surface area contributed by atoms with E-state index in [1.807, 2.05) is 35.2 Å². The highest BCUT2D eigenvalue weighted by Gasteiger charge is 2.24. The van der Waals surface area contributed by atoms with Crippen LogP contribution in [0.15, 0.2) is 73.1 Å². The molecule has 3 N–H and O–H groups in total. The van der Waals surface area contributed by atoms with Gasteiger partial charge in [0.2, 0.25) is 0 Å². The zero-order valence-corrected chi connectivity index (χ0v) is 23.2. The van der Waals surface area contributed by atoms with Gasteiger partial charge < -0.3 is 29.7 Å². The first-order valence-electron chi connectivity index (χ1n) is 13.5. The van der Waals surface area contributed by atoms with Gasteiger partial charge in [-0.3, -0.25) is 19.9 Å². The fraction of sp³-hybridized carbons (Fsp3) is 0.300. The molecule has 2 aromatic carbocycles. The van der Waals surface area contributed by atoms with Crippen LogP contribution in [0.5, 0.6) is 0 Å². The molecule has 3 aromatic rings. The number of ether oxygens (including phenoxy) is 2. The second-order valence-corrected chi connectivity index (χ2v) is 9.63. The van der Waals surface area contributed by atoms with Gasteiger partial charge in [0, 0.05) is 44.1 Å². The molecule has 1 saturated heterocycles. The summed E-state index contributed by atoms with van der Waals surface area (Å²) in [6.07, 6.45) is 2.28. The van der Waals surface area contributed by atoms with Crippen LogP contribution in [0.3, 0.4) is 0 Å². The number of rotatable bonds is 9. The number of anilines is 2. The molecule has 1 atom stereocenters. The van der Waals surface area contributed by atoms with E-state index >= 15 is 0 Å². The van der Waals surface area contributed by atoms with Crippen molar-refractivity contribution in [1.82, 2.24) is 15.2 Å². The number of carbonyl (C=O) groups is 4. The first-order chi connectivity index (χ1) is 20.3. The number of hydrogen-bond acceptors (Lipinski definition) is 8. The summed E-state index contributed by atoms with van der Waals surface area (Å²) in [5.74, 6) is -1.60. The Morgan fingerprint density at radius 1 is 1.00 bits per heavy atom. The summed E-state index contributed by atoms with van der Waals surface area (Å²) in [6.45, 7) is 2.05. The lowest BCUT2D eigenvalue weighted by Crippen LogP contribution is -2.35. The Morgan fingerprint density at radius 3 is 2.52 bits per heavy atom. The van der Waals surface area contributed by atoms with Gasteiger partial charge in [-0.15, -0.1) is 0 Å². The highest BCUT2D eigenvalue weighted by Crippen LogP contribution is 2.29. The lowest BCUT2D eigenvalue weighted by molar-refractivity contribution is -0.137. The number of carboxylic acid groups (broad SMARTS) is 1. The van der Waals surface area contributed by atoms with E-state index in [0.717, 1.165) is 5.56 Å². The highest BCUT2D eigenvalue weighted by molar-refractivity contribution is 5.99. The van der Waals surface area contributed by atoms with Crippen molar-refractivity contribution in [3.8, 4) is 0 Å². The Kier molecular flexibility index (Phi) is 10.3. The Hall–Kier alpha value is -5.13. The van der Waals surface area contributed by atoms with Crippen LogP contribution in [0.1, 0.15) is 40.4 Å². The van der Waals surface area contributed by atoms with Crippen molar-refractivity contribution >= 4 is 35.4 Å². The number of nitrogens with zero attached hydrogens (tertiary/aromatic N) is 3. The number of pyridine rings is 1. The number of methoxy groups -OCH3 is 1. The van der Waals surface area contributed by atoms with Crippen molar-refractivity contribution in [2.45, 2.75) is 25.5 Å². The van der Waals surface area contributed by atoms with Gasteiger partial charge in [0.1, 0.15) is 6.61 Å². The van der Waals surface area contributed by atoms with Crippen molar-refractivity contribution in [3.05, 3.63) is 89.7 Å². The van der Waals surface area contributed by atoms with Crippen LogP contribution < -0.4 is 15.5 Å². The molecule has 12 heteroatoms. The first kappa shape index (κ1) is 29.8. The highest BCUT2D eigenvalue weighted by atomic mass is 16.5. The Bertz CT molecular complexity index is 1390. The van der Waals surface area contributed by atoms with Gasteiger partial charge in [-0.05, 0) is 41.8 Å². The van der Waals surface area contributed by atoms with E-state index in [-0.39, 0.29) is 18.6 Å². The number of carbonyl (C=O) groups excluding carboxylic acids is 3. The standard InChI is InChI=1S/C30H33N5O7/c1-41-30(40)35-14-6-13-34(15-16-35)26-11-10-22(17-25(26)33-29(39)42-20-21-7-3-2-4-8-21)28(38)32-24(18-27(36)37)23-9-5-12-31-19-23/h2-5,7-12,17,19,24H,6,13-16,18,20H2,1H3,(H,32,38)(H,33,39)(H,36,37). The molecule has 1 aliphatic rings. The van der Waals surface area contributed by atoms with Crippen LogP contribution in [-0.4, -0.2) is 72.3 Å². The van der Waals surface area contributed by atoms with Gasteiger partial charge in [0.25, 0.3) is 5.91 Å². The van der Waals surface area contributed by atoms with Crippen molar-refractivity contribution in [1.29, 1.82) is 0 Å². The summed E-state index contributed by atoms with van der Waals surface area (Å²) in [7, 11) is 1.34. The molecule has 1 aliphatic heterocycles. The minimum absolute atomic E-state index is 0.0575.